The minimum atomic E-state index is -0.649. The maximum atomic E-state index is 13.1. The largest absolute Gasteiger partial charge is 0.488 e. The zero-order valence-corrected chi connectivity index (χ0v) is 31.5. The third-order valence-corrected chi connectivity index (χ3v) is 10.2. The van der Waals surface area contributed by atoms with E-state index in [0.29, 0.717) is 19.0 Å². The number of hydrogen-bond donors (Lipinski definition) is 4. The fraction of sp³-hybridized carbons (Fsp3) is 0.425. The Labute approximate surface area is 309 Å². The number of aromatic nitrogens is 4. The van der Waals surface area contributed by atoms with E-state index in [9.17, 15) is 14.4 Å². The van der Waals surface area contributed by atoms with Gasteiger partial charge in [-0.1, -0.05) is 45.4 Å². The second-order valence-electron chi connectivity index (χ2n) is 13.6. The minimum absolute atomic E-state index is 0.0489. The molecule has 2 aromatic heterocycles. The van der Waals surface area contributed by atoms with Gasteiger partial charge in [-0.25, -0.2) is 14.8 Å². The first kappa shape index (κ1) is 37.3. The molecule has 4 N–H and O–H groups in total. The summed E-state index contributed by atoms with van der Waals surface area (Å²) in [6.45, 7) is 9.51. The first-order chi connectivity index (χ1) is 25.7. The minimum Gasteiger partial charge on any atom is -0.488 e. The molecule has 53 heavy (non-hydrogen) atoms. The number of ether oxygens (including phenoxy) is 2. The fourth-order valence-corrected chi connectivity index (χ4v) is 7.11. The van der Waals surface area contributed by atoms with Crippen LogP contribution >= 0.6 is 0 Å². The van der Waals surface area contributed by atoms with Crippen LogP contribution in [0.5, 0.6) is 5.75 Å². The molecule has 3 aromatic carbocycles. The standard InChI is InChI=1S/C40H50N8O5/c1-7-10-28(9-3)48(37(49)19-41-5)22-36-44-32-14-12-25-16-31-29-13-11-26(15-27(29)23-53-34(31)17-30(25)39(32)46-36)33-18-42-35(45-33)21-47(24(4)8-2)38(50)20-43-40(51)52-6/h11-18,24,28,41H,7-10,19-23H2,1-6H3,(H,42,45)(H,43,51)(H,44,46)/t24-,28+/m0/s1. The van der Waals surface area contributed by atoms with Crippen LogP contribution in [-0.4, -0.2) is 87.0 Å². The molecule has 0 spiro atoms. The summed E-state index contributed by atoms with van der Waals surface area (Å²) in [7, 11) is 3.06. The number of imidazole rings is 2. The maximum Gasteiger partial charge on any atom is 0.407 e. The maximum absolute atomic E-state index is 13.1. The van der Waals surface area contributed by atoms with E-state index in [-0.39, 0.29) is 43.5 Å². The highest BCUT2D eigenvalue weighted by Gasteiger charge is 2.25. The number of nitrogens with one attached hydrogen (secondary N) is 4. The predicted octanol–water partition coefficient (Wildman–Crippen LogP) is 6.28. The summed E-state index contributed by atoms with van der Waals surface area (Å²) in [4.78, 5) is 57.8. The highest BCUT2D eigenvalue weighted by molar-refractivity contribution is 6.07. The quantitative estimate of drug-likeness (QED) is 0.0985. The van der Waals surface area contributed by atoms with Gasteiger partial charge in [-0.3, -0.25) is 9.59 Å². The smallest absolute Gasteiger partial charge is 0.407 e. The zero-order chi connectivity index (χ0) is 37.6. The predicted molar refractivity (Wildman–Crippen MR) is 205 cm³/mol. The van der Waals surface area contributed by atoms with Gasteiger partial charge in [0.2, 0.25) is 11.8 Å². The molecule has 0 unspecified atom stereocenters. The molecular formula is C40H50N8O5. The molecule has 280 valence electrons. The highest BCUT2D eigenvalue weighted by Crippen LogP contribution is 2.42. The number of rotatable bonds is 15. The second kappa shape index (κ2) is 16.5. The lowest BCUT2D eigenvalue weighted by Gasteiger charge is -2.30. The molecule has 0 fully saturated rings. The Kier molecular flexibility index (Phi) is 11.6. The van der Waals surface area contributed by atoms with Gasteiger partial charge in [-0.15, -0.1) is 0 Å². The number of amides is 3. The summed E-state index contributed by atoms with van der Waals surface area (Å²) in [5.41, 5.74) is 6.75. The number of likely N-dealkylation sites (N-methyl/N-ethyl adjacent to an activating group) is 1. The zero-order valence-electron chi connectivity index (χ0n) is 31.5. The van der Waals surface area contributed by atoms with Crippen molar-refractivity contribution in [2.24, 2.45) is 0 Å². The Balaban J connectivity index is 1.23. The molecular weight excluding hydrogens is 672 g/mol. The normalized spacial score (nSPS) is 13.2. The monoisotopic (exact) mass is 722 g/mol. The van der Waals surface area contributed by atoms with Crippen LogP contribution < -0.4 is 15.4 Å². The van der Waals surface area contributed by atoms with Crippen molar-refractivity contribution in [3.8, 4) is 28.1 Å². The third kappa shape index (κ3) is 7.99. The van der Waals surface area contributed by atoms with Crippen LogP contribution in [-0.2, 0) is 34.0 Å². The van der Waals surface area contributed by atoms with E-state index < -0.39 is 6.09 Å². The van der Waals surface area contributed by atoms with Gasteiger partial charge in [0.1, 0.15) is 30.5 Å². The Morgan fingerprint density at radius 3 is 2.47 bits per heavy atom. The molecule has 13 nitrogen and oxygen atoms in total. The number of methoxy groups -OCH3 is 1. The van der Waals surface area contributed by atoms with Gasteiger partial charge in [0.05, 0.1) is 49.7 Å². The molecule has 3 amide bonds. The lowest BCUT2D eigenvalue weighted by molar-refractivity contribution is -0.134. The molecule has 0 saturated carbocycles. The first-order valence-electron chi connectivity index (χ1n) is 18.5. The van der Waals surface area contributed by atoms with Gasteiger partial charge in [0.25, 0.3) is 0 Å². The highest BCUT2D eigenvalue weighted by atomic mass is 16.5. The van der Waals surface area contributed by atoms with Crippen LogP contribution in [0.4, 0.5) is 4.79 Å². The lowest BCUT2D eigenvalue weighted by Crippen LogP contribution is -2.44. The summed E-state index contributed by atoms with van der Waals surface area (Å²) < 4.78 is 11.0. The van der Waals surface area contributed by atoms with Crippen molar-refractivity contribution in [1.82, 2.24) is 40.4 Å². The van der Waals surface area contributed by atoms with Crippen LogP contribution in [0.2, 0.25) is 0 Å². The van der Waals surface area contributed by atoms with Crippen molar-refractivity contribution < 1.29 is 23.9 Å². The van der Waals surface area contributed by atoms with Gasteiger partial charge < -0.3 is 39.9 Å². The van der Waals surface area contributed by atoms with Crippen LogP contribution in [0.15, 0.2) is 48.7 Å². The van der Waals surface area contributed by atoms with Crippen molar-refractivity contribution in [3.63, 3.8) is 0 Å². The Bertz CT molecular complexity index is 2110. The molecule has 3 heterocycles. The van der Waals surface area contributed by atoms with Gasteiger partial charge in [0, 0.05) is 23.0 Å². The van der Waals surface area contributed by atoms with Gasteiger partial charge in [-0.05, 0) is 79.6 Å². The molecule has 6 rings (SSSR count). The van der Waals surface area contributed by atoms with Crippen LogP contribution in [0.25, 0.3) is 44.2 Å². The topological polar surface area (TPSA) is 158 Å². The van der Waals surface area contributed by atoms with E-state index >= 15 is 0 Å². The van der Waals surface area contributed by atoms with Crippen LogP contribution in [0.1, 0.15) is 70.6 Å². The molecule has 2 atom stereocenters. The Hall–Kier alpha value is -5.43. The number of aromatic amines is 2. The summed E-state index contributed by atoms with van der Waals surface area (Å²) >= 11 is 0. The number of nitrogens with zero attached hydrogens (tertiary/aromatic N) is 4. The molecule has 5 aromatic rings. The van der Waals surface area contributed by atoms with Gasteiger partial charge >= 0.3 is 6.09 Å². The van der Waals surface area contributed by atoms with Crippen molar-refractivity contribution >= 4 is 39.7 Å². The Morgan fingerprint density at radius 1 is 0.943 bits per heavy atom. The van der Waals surface area contributed by atoms with E-state index in [2.05, 4.69) is 86.6 Å². The molecule has 0 bridgehead atoms. The number of carbonyl (C=O) groups excluding carboxylic acids is 3. The number of hydrogen-bond acceptors (Lipinski definition) is 8. The molecule has 0 radical (unpaired) electrons. The number of carbonyl (C=O) groups is 3. The van der Waals surface area contributed by atoms with Crippen LogP contribution in [0, 0.1) is 0 Å². The molecule has 13 heteroatoms. The van der Waals surface area contributed by atoms with Crippen LogP contribution in [0.3, 0.4) is 0 Å². The van der Waals surface area contributed by atoms with E-state index in [0.717, 1.165) is 87.0 Å². The summed E-state index contributed by atoms with van der Waals surface area (Å²) in [6, 6.07) is 14.8. The average molecular weight is 723 g/mol. The van der Waals surface area contributed by atoms with E-state index in [1.807, 2.05) is 18.7 Å². The summed E-state index contributed by atoms with van der Waals surface area (Å²) in [5.74, 6) is 2.06. The fourth-order valence-electron chi connectivity index (χ4n) is 7.11. The van der Waals surface area contributed by atoms with Gasteiger partial charge in [0.15, 0.2) is 0 Å². The summed E-state index contributed by atoms with van der Waals surface area (Å²) in [6.07, 6.45) is 4.72. The van der Waals surface area contributed by atoms with Crippen molar-refractivity contribution in [3.05, 3.63) is 65.9 Å². The van der Waals surface area contributed by atoms with E-state index in [1.54, 1.807) is 18.1 Å². The average Bonchev–Trinajstić information content (AvgIpc) is 3.83. The lowest BCUT2D eigenvalue weighted by atomic mass is 9.92. The molecule has 0 aliphatic carbocycles. The van der Waals surface area contributed by atoms with E-state index in [1.165, 1.54) is 7.11 Å². The Morgan fingerprint density at radius 2 is 1.74 bits per heavy atom. The van der Waals surface area contributed by atoms with E-state index in [4.69, 9.17) is 9.72 Å². The molecule has 1 aliphatic heterocycles. The SMILES string of the molecule is CCC[C@@H](CC)N(Cc1nc2c(ccc3cc4c(cc32)OCc2cc(-c3cnc(CN(C(=O)CNC(=O)OC)[C@@H](C)CC)[nH]3)ccc2-4)[nH]1)C(=O)CNC. The first-order valence-corrected chi connectivity index (χ1v) is 18.5. The second-order valence-corrected chi connectivity index (χ2v) is 13.6. The van der Waals surface area contributed by atoms with Gasteiger partial charge in [-0.2, -0.15) is 0 Å². The third-order valence-electron chi connectivity index (χ3n) is 10.2. The number of H-pyrrole nitrogens is 2. The molecule has 0 saturated heterocycles. The van der Waals surface area contributed by atoms with Crippen molar-refractivity contribution in [2.45, 2.75) is 85.2 Å². The summed E-state index contributed by atoms with van der Waals surface area (Å²) in [5, 5.41) is 7.53. The molecule has 1 aliphatic rings. The number of fused-ring (bicyclic) bond motifs is 6. The number of benzene rings is 3. The number of alkyl carbamates (subject to hydrolysis) is 1. The van der Waals surface area contributed by atoms with Crippen molar-refractivity contribution in [1.29, 1.82) is 0 Å². The van der Waals surface area contributed by atoms with Crippen molar-refractivity contribution in [2.75, 3.05) is 27.2 Å².